The van der Waals surface area contributed by atoms with E-state index in [9.17, 15) is 0 Å². The van der Waals surface area contributed by atoms with Crippen LogP contribution in [0.1, 0.15) is 1.43 Å². The van der Waals surface area contributed by atoms with Crippen molar-refractivity contribution in [1.82, 2.24) is 0 Å². The smallest absolute Gasteiger partial charge is 1.00 e. The van der Waals surface area contributed by atoms with Crippen LogP contribution in [0, 0.1) is 0 Å². The van der Waals surface area contributed by atoms with Gasteiger partial charge in [0.15, 0.2) is 0 Å². The molecule has 0 aromatic heterocycles. The Morgan fingerprint density at radius 1 is 1.15 bits per heavy atom. The number of hydrogen-bond acceptors (Lipinski definition) is 6. The van der Waals surface area contributed by atoms with E-state index in [1.54, 1.807) is 0 Å². The topological polar surface area (TPSA) is 101 Å². The fraction of sp³-hybridized carbons (Fsp3) is 0.833. The third kappa shape index (κ3) is 5.36. The summed E-state index contributed by atoms with van der Waals surface area (Å²) >= 11 is 4.30. The number of hydrogen-bond donors (Lipinski definition) is 5. The molecule has 0 aromatic rings. The predicted octanol–water partition coefficient (Wildman–Crippen LogP) is -5.46. The molecule has 0 unspecified atom stereocenters. The van der Waals surface area contributed by atoms with Gasteiger partial charge in [-0.05, 0) is 0 Å². The SMILES string of the molecule is OC[C@@H](O)[C@@H](O)[C@H](O)[C@H](O)C=S.[H-].[Na+]. The van der Waals surface area contributed by atoms with Crippen LogP contribution in [-0.2, 0) is 0 Å². The Morgan fingerprint density at radius 3 is 1.92 bits per heavy atom. The van der Waals surface area contributed by atoms with Gasteiger partial charge in [-0.15, -0.1) is 0 Å². The van der Waals surface area contributed by atoms with Crippen LogP contribution in [0.25, 0.3) is 0 Å². The van der Waals surface area contributed by atoms with Crippen molar-refractivity contribution in [2.75, 3.05) is 6.61 Å². The molecular formula is C6H13NaO5S. The standard InChI is InChI=1S/C6H12O5S.Na.H/c7-1-3(8)5(10)6(11)4(9)2-12;;/h2-11H,1H2;;/q;+1;-1/t3-,4-,5-,6-;;/m1../s1. The summed E-state index contributed by atoms with van der Waals surface area (Å²) < 4.78 is 0. The monoisotopic (exact) mass is 220 g/mol. The van der Waals surface area contributed by atoms with Gasteiger partial charge in [0.25, 0.3) is 0 Å². The van der Waals surface area contributed by atoms with Crippen LogP contribution in [0.15, 0.2) is 0 Å². The molecule has 0 saturated heterocycles. The van der Waals surface area contributed by atoms with E-state index in [0.717, 1.165) is 5.37 Å². The molecule has 7 heteroatoms. The van der Waals surface area contributed by atoms with Crippen LogP contribution >= 0.6 is 12.2 Å². The van der Waals surface area contributed by atoms with Crippen LogP contribution in [0.5, 0.6) is 0 Å². The second-order valence-electron chi connectivity index (χ2n) is 2.36. The molecule has 0 aliphatic rings. The van der Waals surface area contributed by atoms with Crippen molar-refractivity contribution in [3.8, 4) is 0 Å². The normalized spacial score (nSPS) is 19.5. The Hall–Kier alpha value is 0.890. The Morgan fingerprint density at radius 2 is 1.62 bits per heavy atom. The summed E-state index contributed by atoms with van der Waals surface area (Å²) in [7, 11) is 0. The van der Waals surface area contributed by atoms with Gasteiger partial charge >= 0.3 is 29.6 Å². The van der Waals surface area contributed by atoms with E-state index in [1.807, 2.05) is 0 Å². The molecule has 13 heavy (non-hydrogen) atoms. The molecule has 0 spiro atoms. The Bertz CT molecular complexity index is 152. The molecule has 4 atom stereocenters. The molecule has 74 valence electrons. The summed E-state index contributed by atoms with van der Waals surface area (Å²) in [6.07, 6.45) is -6.06. The minimum absolute atomic E-state index is 0. The molecule has 5 nitrogen and oxygen atoms in total. The van der Waals surface area contributed by atoms with E-state index in [2.05, 4.69) is 12.2 Å². The molecule has 0 bridgehead atoms. The minimum atomic E-state index is -1.61. The number of rotatable bonds is 5. The first-order valence-electron chi connectivity index (χ1n) is 3.33. The van der Waals surface area contributed by atoms with Crippen molar-refractivity contribution >= 4 is 17.6 Å². The van der Waals surface area contributed by atoms with Gasteiger partial charge in [0.05, 0.1) is 6.61 Å². The summed E-state index contributed by atoms with van der Waals surface area (Å²) in [5, 5.41) is 44.9. The Balaban J connectivity index is -0.000000605. The zero-order valence-corrected chi connectivity index (χ0v) is 10.1. The fourth-order valence-corrected chi connectivity index (χ4v) is 0.779. The van der Waals surface area contributed by atoms with Crippen LogP contribution in [0.2, 0.25) is 0 Å². The van der Waals surface area contributed by atoms with E-state index in [0.29, 0.717) is 0 Å². The maximum absolute atomic E-state index is 9.02. The van der Waals surface area contributed by atoms with Gasteiger partial charge in [-0.25, -0.2) is 0 Å². The van der Waals surface area contributed by atoms with Crippen LogP contribution < -0.4 is 29.6 Å². The predicted molar refractivity (Wildman–Crippen MR) is 45.9 cm³/mol. The average Bonchev–Trinajstić information content (AvgIpc) is 2.12. The molecule has 0 saturated carbocycles. The van der Waals surface area contributed by atoms with Crippen molar-refractivity contribution in [2.24, 2.45) is 0 Å². The number of aliphatic hydroxyl groups is 5. The molecule has 5 N–H and O–H groups in total. The summed E-state index contributed by atoms with van der Waals surface area (Å²) in [6.45, 7) is -0.692. The van der Waals surface area contributed by atoms with Crippen molar-refractivity contribution < 1.29 is 56.5 Å². The van der Waals surface area contributed by atoms with Gasteiger partial charge in [-0.1, -0.05) is 12.2 Å². The zero-order valence-electron chi connectivity index (χ0n) is 8.24. The molecule has 0 rings (SSSR count). The van der Waals surface area contributed by atoms with E-state index in [1.165, 1.54) is 0 Å². The maximum atomic E-state index is 9.02. The first kappa shape index (κ1) is 16.3. The molecule has 0 amide bonds. The molecule has 0 aliphatic heterocycles. The third-order valence-electron chi connectivity index (χ3n) is 1.42. The first-order valence-corrected chi connectivity index (χ1v) is 3.80. The molecule has 0 fully saturated rings. The van der Waals surface area contributed by atoms with Gasteiger partial charge < -0.3 is 27.0 Å². The fourth-order valence-electron chi connectivity index (χ4n) is 0.618. The van der Waals surface area contributed by atoms with Crippen molar-refractivity contribution in [2.45, 2.75) is 24.4 Å². The summed E-state index contributed by atoms with van der Waals surface area (Å²) in [6, 6.07) is 0. The molecule has 0 radical (unpaired) electrons. The quantitative estimate of drug-likeness (QED) is 0.234. The van der Waals surface area contributed by atoms with E-state index < -0.39 is 31.0 Å². The molecular weight excluding hydrogens is 207 g/mol. The largest absolute Gasteiger partial charge is 1.00 e. The van der Waals surface area contributed by atoms with Gasteiger partial charge in [-0.3, -0.25) is 0 Å². The number of thiocarbonyl (C=S) groups is 1. The van der Waals surface area contributed by atoms with Crippen LogP contribution in [0.3, 0.4) is 0 Å². The third-order valence-corrected chi connectivity index (χ3v) is 1.70. The summed E-state index contributed by atoms with van der Waals surface area (Å²) in [4.78, 5) is 0. The van der Waals surface area contributed by atoms with Crippen molar-refractivity contribution in [3.63, 3.8) is 0 Å². The average molecular weight is 220 g/mol. The van der Waals surface area contributed by atoms with Gasteiger partial charge in [0.1, 0.15) is 24.4 Å². The minimum Gasteiger partial charge on any atom is -1.00 e. The summed E-state index contributed by atoms with van der Waals surface area (Å²) in [5.41, 5.74) is 0. The molecule has 0 aliphatic carbocycles. The Kier molecular flexibility index (Phi) is 10.3. The molecule has 0 aromatic carbocycles. The second-order valence-corrected chi connectivity index (χ2v) is 2.63. The van der Waals surface area contributed by atoms with E-state index >= 15 is 0 Å². The maximum Gasteiger partial charge on any atom is 1.00 e. The van der Waals surface area contributed by atoms with Crippen LogP contribution in [0.4, 0.5) is 0 Å². The second kappa shape index (κ2) is 8.22. The van der Waals surface area contributed by atoms with Gasteiger partial charge in [-0.2, -0.15) is 0 Å². The van der Waals surface area contributed by atoms with E-state index in [4.69, 9.17) is 25.5 Å². The van der Waals surface area contributed by atoms with E-state index in [-0.39, 0.29) is 31.0 Å². The van der Waals surface area contributed by atoms with Crippen LogP contribution in [-0.4, -0.2) is 61.9 Å². The van der Waals surface area contributed by atoms with Crippen molar-refractivity contribution in [3.05, 3.63) is 0 Å². The number of aliphatic hydroxyl groups excluding tert-OH is 5. The van der Waals surface area contributed by atoms with Gasteiger partial charge in [0.2, 0.25) is 0 Å². The summed E-state index contributed by atoms with van der Waals surface area (Å²) in [5.74, 6) is 0. The Labute approximate surface area is 105 Å². The first-order chi connectivity index (χ1) is 5.54. The molecule has 0 heterocycles. The zero-order chi connectivity index (χ0) is 9.72. The van der Waals surface area contributed by atoms with Gasteiger partial charge in [0, 0.05) is 5.37 Å². The van der Waals surface area contributed by atoms with Crippen molar-refractivity contribution in [1.29, 1.82) is 0 Å².